The van der Waals surface area contributed by atoms with E-state index < -0.39 is 0 Å². The lowest BCUT2D eigenvalue weighted by molar-refractivity contribution is 0.299. The molecule has 56 valence electrons. The molecule has 0 radical (unpaired) electrons. The van der Waals surface area contributed by atoms with Gasteiger partial charge in [-0.25, -0.2) is 0 Å². The highest BCUT2D eigenvalue weighted by molar-refractivity contribution is 5.72. The molecule has 10 heavy (non-hydrogen) atoms. The Labute approximate surface area is 62.9 Å². The second kappa shape index (κ2) is 2.57. The summed E-state index contributed by atoms with van der Waals surface area (Å²) >= 11 is 0. The molecule has 0 aromatic heterocycles. The van der Waals surface area contributed by atoms with Gasteiger partial charge in [0, 0.05) is 18.7 Å². The van der Waals surface area contributed by atoms with Crippen LogP contribution in [0.15, 0.2) is 17.1 Å². The van der Waals surface area contributed by atoms with Crippen molar-refractivity contribution in [3.8, 4) is 0 Å². The Morgan fingerprint density at radius 3 is 2.40 bits per heavy atom. The van der Waals surface area contributed by atoms with Crippen LogP contribution in [0.1, 0.15) is 20.8 Å². The van der Waals surface area contributed by atoms with E-state index in [-0.39, 0.29) is 0 Å². The molecule has 0 aromatic rings. The maximum Gasteiger partial charge on any atom is 0.0457 e. The highest BCUT2D eigenvalue weighted by Crippen LogP contribution is 2.27. The normalized spacial score (nSPS) is 25.3. The summed E-state index contributed by atoms with van der Waals surface area (Å²) in [5.74, 6) is 0.623. The van der Waals surface area contributed by atoms with Gasteiger partial charge in [0.05, 0.1) is 0 Å². The average molecular weight is 137 g/mol. The van der Waals surface area contributed by atoms with E-state index in [1.807, 2.05) is 12.3 Å². The molecule has 0 saturated carbocycles. The van der Waals surface area contributed by atoms with Crippen molar-refractivity contribution in [3.05, 3.63) is 12.2 Å². The van der Waals surface area contributed by atoms with Crippen molar-refractivity contribution >= 4 is 6.21 Å². The van der Waals surface area contributed by atoms with Gasteiger partial charge in [0.2, 0.25) is 0 Å². The lowest BCUT2D eigenvalue weighted by atomic mass is 9.80. The van der Waals surface area contributed by atoms with Crippen molar-refractivity contribution in [1.29, 1.82) is 0 Å². The van der Waals surface area contributed by atoms with Gasteiger partial charge in [0.25, 0.3) is 0 Å². The number of hydrogen-bond donors (Lipinski definition) is 0. The molecule has 0 spiro atoms. The van der Waals surface area contributed by atoms with Crippen LogP contribution >= 0.6 is 0 Å². The lowest BCUT2D eigenvalue weighted by Gasteiger charge is -2.27. The molecule has 0 saturated heterocycles. The molecule has 1 rings (SSSR count). The maximum atomic E-state index is 4.21. The van der Waals surface area contributed by atoms with Crippen molar-refractivity contribution in [2.45, 2.75) is 20.8 Å². The number of allylic oxidation sites excluding steroid dienone is 1. The summed E-state index contributed by atoms with van der Waals surface area (Å²) < 4.78 is 0. The zero-order chi connectivity index (χ0) is 7.61. The average Bonchev–Trinajstić information content (AvgIpc) is 1.88. The van der Waals surface area contributed by atoms with Crippen LogP contribution in [0.5, 0.6) is 0 Å². The third-order valence-electron chi connectivity index (χ3n) is 1.95. The monoisotopic (exact) mass is 137 g/mol. The minimum Gasteiger partial charge on any atom is -0.293 e. The van der Waals surface area contributed by atoms with Crippen LogP contribution in [-0.4, -0.2) is 12.8 Å². The van der Waals surface area contributed by atoms with Crippen LogP contribution in [-0.2, 0) is 0 Å². The fourth-order valence-corrected chi connectivity index (χ4v) is 1.04. The zero-order valence-electron chi connectivity index (χ0n) is 6.96. The summed E-state index contributed by atoms with van der Waals surface area (Å²) in [5, 5.41) is 0. The molecule has 1 nitrogen and oxygen atoms in total. The van der Waals surface area contributed by atoms with E-state index in [9.17, 15) is 0 Å². The molecule has 1 unspecified atom stereocenters. The van der Waals surface area contributed by atoms with Gasteiger partial charge in [-0.2, -0.15) is 0 Å². The standard InChI is InChI=1S/C9H15N/c1-9(2,3)8-5-4-6-10-7-8/h4-6,8H,7H2,1-3H3. The lowest BCUT2D eigenvalue weighted by Crippen LogP contribution is -2.22. The Bertz CT molecular complexity index is 160. The third kappa shape index (κ3) is 1.69. The van der Waals surface area contributed by atoms with Crippen LogP contribution in [0.4, 0.5) is 0 Å². The quantitative estimate of drug-likeness (QED) is 0.485. The van der Waals surface area contributed by atoms with E-state index in [2.05, 4.69) is 31.8 Å². The molecule has 0 fully saturated rings. The second-order valence-corrected chi connectivity index (χ2v) is 3.87. The Balaban J connectivity index is 2.60. The number of nitrogens with zero attached hydrogens (tertiary/aromatic N) is 1. The molecule has 1 aliphatic rings. The first-order valence-corrected chi connectivity index (χ1v) is 3.77. The van der Waals surface area contributed by atoms with Gasteiger partial charge in [-0.3, -0.25) is 4.99 Å². The van der Waals surface area contributed by atoms with Crippen molar-refractivity contribution in [3.63, 3.8) is 0 Å². The summed E-state index contributed by atoms with van der Waals surface area (Å²) in [6, 6.07) is 0. The topological polar surface area (TPSA) is 12.4 Å². The summed E-state index contributed by atoms with van der Waals surface area (Å²) in [6.07, 6.45) is 6.16. The van der Waals surface area contributed by atoms with Crippen molar-refractivity contribution in [2.24, 2.45) is 16.3 Å². The van der Waals surface area contributed by atoms with Crippen molar-refractivity contribution in [2.75, 3.05) is 6.54 Å². The Morgan fingerprint density at radius 2 is 2.10 bits per heavy atom. The van der Waals surface area contributed by atoms with E-state index in [1.165, 1.54) is 0 Å². The molecule has 1 heteroatoms. The van der Waals surface area contributed by atoms with Crippen LogP contribution in [0.3, 0.4) is 0 Å². The van der Waals surface area contributed by atoms with E-state index in [0.717, 1.165) is 6.54 Å². The van der Waals surface area contributed by atoms with Crippen LogP contribution < -0.4 is 0 Å². The van der Waals surface area contributed by atoms with Gasteiger partial charge in [-0.1, -0.05) is 26.8 Å². The Hall–Kier alpha value is -0.590. The Kier molecular flexibility index (Phi) is 1.93. The number of hydrogen-bond acceptors (Lipinski definition) is 1. The number of dihydropyridines is 1. The van der Waals surface area contributed by atoms with Gasteiger partial charge in [0.15, 0.2) is 0 Å². The first kappa shape index (κ1) is 7.52. The number of aliphatic imine (C=N–C) groups is 1. The van der Waals surface area contributed by atoms with Crippen molar-refractivity contribution < 1.29 is 0 Å². The van der Waals surface area contributed by atoms with E-state index in [1.54, 1.807) is 0 Å². The fourth-order valence-electron chi connectivity index (χ4n) is 1.04. The molecular weight excluding hydrogens is 122 g/mol. The van der Waals surface area contributed by atoms with Crippen molar-refractivity contribution in [1.82, 2.24) is 0 Å². The first-order valence-electron chi connectivity index (χ1n) is 3.77. The van der Waals surface area contributed by atoms with Crippen LogP contribution in [0.2, 0.25) is 0 Å². The Morgan fingerprint density at radius 1 is 1.40 bits per heavy atom. The summed E-state index contributed by atoms with van der Waals surface area (Å²) in [4.78, 5) is 4.21. The van der Waals surface area contributed by atoms with Gasteiger partial charge in [-0.15, -0.1) is 0 Å². The summed E-state index contributed by atoms with van der Waals surface area (Å²) in [5.41, 5.74) is 0.369. The van der Waals surface area contributed by atoms with Gasteiger partial charge in [-0.05, 0) is 11.5 Å². The highest BCUT2D eigenvalue weighted by atomic mass is 14.7. The fraction of sp³-hybridized carbons (Fsp3) is 0.667. The molecule has 0 N–H and O–H groups in total. The molecule has 1 heterocycles. The predicted molar refractivity (Wildman–Crippen MR) is 45.4 cm³/mol. The zero-order valence-corrected chi connectivity index (χ0v) is 6.96. The molecule has 1 aliphatic heterocycles. The molecule has 0 bridgehead atoms. The van der Waals surface area contributed by atoms with E-state index >= 15 is 0 Å². The summed E-state index contributed by atoms with van der Waals surface area (Å²) in [7, 11) is 0. The smallest absolute Gasteiger partial charge is 0.0457 e. The minimum atomic E-state index is 0.369. The molecule has 0 aromatic carbocycles. The largest absolute Gasteiger partial charge is 0.293 e. The van der Waals surface area contributed by atoms with Gasteiger partial charge >= 0.3 is 0 Å². The molecule has 1 atom stereocenters. The van der Waals surface area contributed by atoms with Crippen LogP contribution in [0, 0.1) is 11.3 Å². The second-order valence-electron chi connectivity index (χ2n) is 3.87. The van der Waals surface area contributed by atoms with E-state index in [0.29, 0.717) is 11.3 Å². The maximum absolute atomic E-state index is 4.21. The first-order chi connectivity index (χ1) is 4.61. The minimum absolute atomic E-state index is 0.369. The SMILES string of the molecule is CC(C)(C)C1C=CC=NC1. The van der Waals surface area contributed by atoms with Gasteiger partial charge in [0.1, 0.15) is 0 Å². The number of rotatable bonds is 0. The third-order valence-corrected chi connectivity index (χ3v) is 1.95. The van der Waals surface area contributed by atoms with Crippen LogP contribution in [0.25, 0.3) is 0 Å². The predicted octanol–water partition coefficient (Wildman–Crippen LogP) is 2.29. The summed E-state index contributed by atoms with van der Waals surface area (Å²) in [6.45, 7) is 7.72. The van der Waals surface area contributed by atoms with Gasteiger partial charge < -0.3 is 0 Å². The highest BCUT2D eigenvalue weighted by Gasteiger charge is 2.21. The molecule has 0 aliphatic carbocycles. The molecule has 0 amide bonds. The van der Waals surface area contributed by atoms with E-state index in [4.69, 9.17) is 0 Å². The molecular formula is C9H15N.